The van der Waals surface area contributed by atoms with Gasteiger partial charge >= 0.3 is 0 Å². The van der Waals surface area contributed by atoms with Crippen LogP contribution in [0.3, 0.4) is 0 Å². The summed E-state index contributed by atoms with van der Waals surface area (Å²) < 4.78 is 5.19. The minimum Gasteiger partial charge on any atom is -0.497 e. The van der Waals surface area contributed by atoms with Crippen molar-refractivity contribution in [3.05, 3.63) is 29.8 Å². The van der Waals surface area contributed by atoms with Gasteiger partial charge in [0, 0.05) is 13.1 Å². The van der Waals surface area contributed by atoms with Gasteiger partial charge in [-0.05, 0) is 51.1 Å². The number of amides is 1. The lowest BCUT2D eigenvalue weighted by molar-refractivity contribution is -0.134. The molecule has 1 aliphatic carbocycles. The Labute approximate surface area is 137 Å². The van der Waals surface area contributed by atoms with Crippen LogP contribution >= 0.6 is 0 Å². The molecule has 3 rings (SSSR count). The maximum atomic E-state index is 13.0. The van der Waals surface area contributed by atoms with Crippen LogP contribution in [0.25, 0.3) is 0 Å². The minimum absolute atomic E-state index is 0.164. The molecule has 1 atom stereocenters. The van der Waals surface area contributed by atoms with Gasteiger partial charge in [-0.2, -0.15) is 0 Å². The number of aliphatic hydroxyl groups is 1. The maximum Gasteiger partial charge on any atom is 0.233 e. The summed E-state index contributed by atoms with van der Waals surface area (Å²) in [5.41, 5.74) is -0.100. The van der Waals surface area contributed by atoms with E-state index in [0.29, 0.717) is 26.1 Å². The van der Waals surface area contributed by atoms with E-state index < -0.39 is 5.60 Å². The highest BCUT2D eigenvalue weighted by molar-refractivity contribution is 5.91. The van der Waals surface area contributed by atoms with Gasteiger partial charge in [-0.25, -0.2) is 0 Å². The van der Waals surface area contributed by atoms with Crippen molar-refractivity contribution in [1.29, 1.82) is 0 Å². The van der Waals surface area contributed by atoms with Gasteiger partial charge in [0.1, 0.15) is 5.75 Å². The van der Waals surface area contributed by atoms with Crippen LogP contribution in [-0.4, -0.2) is 67.3 Å². The Balaban J connectivity index is 1.73. The second-order valence-corrected chi connectivity index (χ2v) is 7.25. The summed E-state index contributed by atoms with van der Waals surface area (Å²) in [4.78, 5) is 16.9. The average molecular weight is 318 g/mol. The van der Waals surface area contributed by atoms with E-state index in [1.54, 1.807) is 7.11 Å². The number of likely N-dealkylation sites (N-methyl/N-ethyl adjacent to an activating group) is 1. The van der Waals surface area contributed by atoms with E-state index in [2.05, 4.69) is 0 Å². The number of ether oxygens (including phenoxy) is 1. The number of likely N-dealkylation sites (tertiary alicyclic amines) is 1. The molecule has 1 N–H and O–H groups in total. The van der Waals surface area contributed by atoms with E-state index in [4.69, 9.17) is 4.74 Å². The molecule has 5 nitrogen and oxygen atoms in total. The lowest BCUT2D eigenvalue weighted by Crippen LogP contribution is -2.45. The molecule has 5 heteroatoms. The SMILES string of the molecule is COc1ccc(C2(C(=O)N3CCC(O)(CN(C)C)C3)CC2)cc1. The van der Waals surface area contributed by atoms with Gasteiger partial charge in [-0.15, -0.1) is 0 Å². The molecule has 0 radical (unpaired) electrons. The van der Waals surface area contributed by atoms with Crippen molar-refractivity contribution in [3.63, 3.8) is 0 Å². The first-order valence-electron chi connectivity index (χ1n) is 8.20. The molecule has 0 aromatic heterocycles. The van der Waals surface area contributed by atoms with Crippen molar-refractivity contribution in [2.45, 2.75) is 30.3 Å². The van der Waals surface area contributed by atoms with Crippen molar-refractivity contribution in [2.75, 3.05) is 40.8 Å². The number of benzene rings is 1. The largest absolute Gasteiger partial charge is 0.497 e. The normalized spacial score (nSPS) is 25.7. The summed E-state index contributed by atoms with van der Waals surface area (Å²) in [6.45, 7) is 1.66. The van der Waals surface area contributed by atoms with E-state index >= 15 is 0 Å². The van der Waals surface area contributed by atoms with Gasteiger partial charge in [0.2, 0.25) is 5.91 Å². The summed E-state index contributed by atoms with van der Waals surface area (Å²) in [7, 11) is 5.53. The molecular formula is C18H26N2O3. The molecule has 1 unspecified atom stereocenters. The van der Waals surface area contributed by atoms with Crippen LogP contribution in [-0.2, 0) is 10.2 Å². The van der Waals surface area contributed by atoms with Crippen LogP contribution in [0.1, 0.15) is 24.8 Å². The Morgan fingerprint density at radius 1 is 1.26 bits per heavy atom. The number of β-amino-alcohol motifs (C(OH)–C–C–N with tert-alkyl or cyclic N) is 1. The highest BCUT2D eigenvalue weighted by Gasteiger charge is 2.54. The van der Waals surface area contributed by atoms with Crippen LogP contribution in [0.2, 0.25) is 0 Å². The fourth-order valence-corrected chi connectivity index (χ4v) is 3.71. The van der Waals surface area contributed by atoms with Gasteiger partial charge in [0.25, 0.3) is 0 Å². The smallest absolute Gasteiger partial charge is 0.233 e. The topological polar surface area (TPSA) is 53.0 Å². The van der Waals surface area contributed by atoms with Gasteiger partial charge < -0.3 is 19.6 Å². The van der Waals surface area contributed by atoms with Crippen LogP contribution in [0.5, 0.6) is 5.75 Å². The van der Waals surface area contributed by atoms with Gasteiger partial charge in [-0.1, -0.05) is 12.1 Å². The molecule has 1 aliphatic heterocycles. The molecule has 126 valence electrons. The maximum absolute atomic E-state index is 13.0. The first-order chi connectivity index (χ1) is 10.9. The Hall–Kier alpha value is -1.59. The molecule has 1 aromatic rings. The number of hydrogen-bond acceptors (Lipinski definition) is 4. The van der Waals surface area contributed by atoms with E-state index in [1.807, 2.05) is 48.2 Å². The molecule has 1 saturated carbocycles. The Bertz CT molecular complexity index is 580. The minimum atomic E-state index is -0.783. The zero-order valence-electron chi connectivity index (χ0n) is 14.2. The second kappa shape index (κ2) is 5.80. The quantitative estimate of drug-likeness (QED) is 0.888. The number of rotatable bonds is 5. The van der Waals surface area contributed by atoms with Gasteiger partial charge in [0.15, 0.2) is 0 Å². The van der Waals surface area contributed by atoms with Gasteiger partial charge in [0.05, 0.1) is 24.7 Å². The van der Waals surface area contributed by atoms with E-state index in [-0.39, 0.29) is 11.3 Å². The van der Waals surface area contributed by atoms with E-state index in [9.17, 15) is 9.90 Å². The van der Waals surface area contributed by atoms with Crippen LogP contribution in [0, 0.1) is 0 Å². The number of carbonyl (C=O) groups is 1. The molecule has 1 saturated heterocycles. The number of nitrogens with zero attached hydrogens (tertiary/aromatic N) is 2. The van der Waals surface area contributed by atoms with Crippen LogP contribution in [0.4, 0.5) is 0 Å². The predicted molar refractivity (Wildman–Crippen MR) is 88.6 cm³/mol. The molecule has 1 amide bonds. The molecule has 2 aliphatic rings. The van der Waals surface area contributed by atoms with Crippen molar-refractivity contribution < 1.29 is 14.6 Å². The predicted octanol–water partition coefficient (Wildman–Crippen LogP) is 1.25. The van der Waals surface area contributed by atoms with E-state index in [0.717, 1.165) is 24.2 Å². The molecular weight excluding hydrogens is 292 g/mol. The zero-order valence-corrected chi connectivity index (χ0v) is 14.2. The van der Waals surface area contributed by atoms with Crippen LogP contribution < -0.4 is 4.74 Å². The monoisotopic (exact) mass is 318 g/mol. The van der Waals surface area contributed by atoms with Gasteiger partial charge in [-0.3, -0.25) is 4.79 Å². The number of methoxy groups -OCH3 is 1. The summed E-state index contributed by atoms with van der Waals surface area (Å²) in [6.07, 6.45) is 2.43. The fraction of sp³-hybridized carbons (Fsp3) is 0.611. The fourth-order valence-electron chi connectivity index (χ4n) is 3.71. The lowest BCUT2D eigenvalue weighted by Gasteiger charge is -2.28. The lowest BCUT2D eigenvalue weighted by atomic mass is 9.94. The first kappa shape index (κ1) is 16.3. The third-order valence-corrected chi connectivity index (χ3v) is 5.03. The number of hydrogen-bond donors (Lipinski definition) is 1. The molecule has 2 fully saturated rings. The number of carbonyl (C=O) groups excluding carboxylic acids is 1. The van der Waals surface area contributed by atoms with Crippen molar-refractivity contribution in [1.82, 2.24) is 9.80 Å². The Kier molecular flexibility index (Phi) is 4.10. The molecule has 23 heavy (non-hydrogen) atoms. The molecule has 0 bridgehead atoms. The average Bonchev–Trinajstić information content (AvgIpc) is 3.24. The highest BCUT2D eigenvalue weighted by Crippen LogP contribution is 2.50. The van der Waals surface area contributed by atoms with E-state index in [1.165, 1.54) is 0 Å². The Morgan fingerprint density at radius 3 is 2.43 bits per heavy atom. The second-order valence-electron chi connectivity index (χ2n) is 7.25. The standard InChI is InChI=1S/C18H26N2O3/c1-19(2)12-17(22)10-11-20(13-17)16(21)18(8-9-18)14-4-6-15(23-3)7-5-14/h4-7,22H,8-13H2,1-3H3. The van der Waals surface area contributed by atoms with Crippen molar-refractivity contribution in [2.24, 2.45) is 0 Å². The highest BCUT2D eigenvalue weighted by atomic mass is 16.5. The van der Waals surface area contributed by atoms with Crippen LogP contribution in [0.15, 0.2) is 24.3 Å². The van der Waals surface area contributed by atoms with Crippen molar-refractivity contribution >= 4 is 5.91 Å². The third-order valence-electron chi connectivity index (χ3n) is 5.03. The molecule has 1 aromatic carbocycles. The molecule has 0 spiro atoms. The summed E-state index contributed by atoms with van der Waals surface area (Å²) in [5, 5.41) is 10.7. The first-order valence-corrected chi connectivity index (χ1v) is 8.20. The summed E-state index contributed by atoms with van der Waals surface area (Å²) >= 11 is 0. The Morgan fingerprint density at radius 2 is 1.91 bits per heavy atom. The van der Waals surface area contributed by atoms with Crippen molar-refractivity contribution in [3.8, 4) is 5.75 Å². The third kappa shape index (κ3) is 3.08. The molecule has 1 heterocycles. The summed E-state index contributed by atoms with van der Waals surface area (Å²) in [6, 6.07) is 7.81. The zero-order chi connectivity index (χ0) is 16.7. The summed E-state index contributed by atoms with van der Waals surface area (Å²) in [5.74, 6) is 0.968.